The van der Waals surface area contributed by atoms with Gasteiger partial charge in [0.05, 0.1) is 0 Å². The molecule has 3 heteroatoms. The third-order valence-electron chi connectivity index (χ3n) is 3.91. The first kappa shape index (κ1) is 14.4. The number of para-hydroxylation sites is 1. The highest BCUT2D eigenvalue weighted by atomic mass is 15.3. The number of anilines is 1. The highest BCUT2D eigenvalue weighted by molar-refractivity contribution is 5.46. The summed E-state index contributed by atoms with van der Waals surface area (Å²) in [7, 11) is 4.29. The summed E-state index contributed by atoms with van der Waals surface area (Å²) in [5.41, 5.74) is 1.65. The van der Waals surface area contributed by atoms with E-state index >= 15 is 0 Å². The molecule has 1 aliphatic heterocycles. The molecule has 1 N–H and O–H groups in total. The Kier molecular flexibility index (Phi) is 4.48. The van der Waals surface area contributed by atoms with Crippen molar-refractivity contribution in [2.24, 2.45) is 5.41 Å². The fraction of sp³-hybridized carbons (Fsp3) is 0.625. The second-order valence-electron chi connectivity index (χ2n) is 6.51. The molecule has 2 rings (SSSR count). The minimum Gasteiger partial charge on any atom is -0.369 e. The van der Waals surface area contributed by atoms with Crippen LogP contribution in [0.5, 0.6) is 0 Å². The van der Waals surface area contributed by atoms with E-state index in [-0.39, 0.29) is 0 Å². The molecule has 1 aliphatic rings. The third-order valence-corrected chi connectivity index (χ3v) is 3.91. The fourth-order valence-electron chi connectivity index (χ4n) is 3.12. The maximum atomic E-state index is 3.33. The van der Waals surface area contributed by atoms with Crippen LogP contribution in [0, 0.1) is 5.41 Å². The summed E-state index contributed by atoms with van der Waals surface area (Å²) >= 11 is 0. The number of nitrogens with zero attached hydrogens (tertiary/aromatic N) is 2. The predicted octanol–water partition coefficient (Wildman–Crippen LogP) is 2.05. The Labute approximate surface area is 117 Å². The van der Waals surface area contributed by atoms with Crippen molar-refractivity contribution in [2.75, 3.05) is 45.2 Å². The Hall–Kier alpha value is -1.06. The lowest BCUT2D eigenvalue weighted by molar-refractivity contribution is 0.192. The SMILES string of the molecule is CNCC1CN(c2ccccc2)CC(C)(C)CN1C. The molecule has 1 atom stereocenters. The van der Waals surface area contributed by atoms with Gasteiger partial charge in [0.1, 0.15) is 0 Å². The summed E-state index contributed by atoms with van der Waals surface area (Å²) in [6.07, 6.45) is 0. The minimum atomic E-state index is 0.313. The Morgan fingerprint density at radius 1 is 1.21 bits per heavy atom. The lowest BCUT2D eigenvalue weighted by Crippen LogP contribution is -2.45. The van der Waals surface area contributed by atoms with Crippen molar-refractivity contribution in [2.45, 2.75) is 19.9 Å². The van der Waals surface area contributed by atoms with Crippen LogP contribution in [0.4, 0.5) is 5.69 Å². The first-order chi connectivity index (χ1) is 9.02. The van der Waals surface area contributed by atoms with E-state index < -0.39 is 0 Å². The molecule has 1 heterocycles. The van der Waals surface area contributed by atoms with Gasteiger partial charge in [0.15, 0.2) is 0 Å². The first-order valence-corrected chi connectivity index (χ1v) is 7.17. The van der Waals surface area contributed by atoms with E-state index in [0.717, 1.165) is 26.2 Å². The van der Waals surface area contributed by atoms with Gasteiger partial charge in [0.2, 0.25) is 0 Å². The molecule has 0 radical (unpaired) electrons. The number of likely N-dealkylation sites (N-methyl/N-ethyl adjacent to an activating group) is 2. The Bertz CT molecular complexity index is 388. The van der Waals surface area contributed by atoms with E-state index in [1.165, 1.54) is 5.69 Å². The molecule has 1 aromatic carbocycles. The van der Waals surface area contributed by atoms with Gasteiger partial charge in [0, 0.05) is 37.9 Å². The van der Waals surface area contributed by atoms with Crippen molar-refractivity contribution in [3.8, 4) is 0 Å². The van der Waals surface area contributed by atoms with Crippen molar-refractivity contribution in [1.29, 1.82) is 0 Å². The average Bonchev–Trinajstić information content (AvgIpc) is 2.47. The summed E-state index contributed by atoms with van der Waals surface area (Å²) in [5.74, 6) is 0. The summed E-state index contributed by atoms with van der Waals surface area (Å²) in [4.78, 5) is 5.03. The van der Waals surface area contributed by atoms with Crippen molar-refractivity contribution in [3.63, 3.8) is 0 Å². The molecule has 106 valence electrons. The van der Waals surface area contributed by atoms with Gasteiger partial charge in [-0.3, -0.25) is 4.90 Å². The number of rotatable bonds is 3. The van der Waals surface area contributed by atoms with Gasteiger partial charge in [-0.05, 0) is 31.6 Å². The third kappa shape index (κ3) is 3.71. The maximum absolute atomic E-state index is 3.33. The van der Waals surface area contributed by atoms with Crippen LogP contribution in [-0.4, -0.2) is 51.2 Å². The van der Waals surface area contributed by atoms with Crippen molar-refractivity contribution in [3.05, 3.63) is 30.3 Å². The van der Waals surface area contributed by atoms with Crippen LogP contribution in [0.3, 0.4) is 0 Å². The van der Waals surface area contributed by atoms with Crippen LogP contribution in [0.2, 0.25) is 0 Å². The lowest BCUT2D eigenvalue weighted by atomic mass is 9.92. The van der Waals surface area contributed by atoms with Gasteiger partial charge in [-0.15, -0.1) is 0 Å². The molecular weight excluding hydrogens is 234 g/mol. The van der Waals surface area contributed by atoms with E-state index in [1.54, 1.807) is 0 Å². The van der Waals surface area contributed by atoms with Gasteiger partial charge >= 0.3 is 0 Å². The number of benzene rings is 1. The standard InChI is InChI=1S/C16H27N3/c1-16(2)12-18(4)15(10-17-3)11-19(13-16)14-8-6-5-7-9-14/h5-9,15,17H,10-13H2,1-4H3. The molecule has 1 fully saturated rings. The molecular formula is C16H27N3. The zero-order valence-electron chi connectivity index (χ0n) is 12.7. The summed E-state index contributed by atoms with van der Waals surface area (Å²) in [5, 5.41) is 3.33. The molecule has 1 saturated heterocycles. The molecule has 0 aromatic heterocycles. The highest BCUT2D eigenvalue weighted by Crippen LogP contribution is 2.27. The fourth-order valence-corrected chi connectivity index (χ4v) is 3.12. The van der Waals surface area contributed by atoms with Crippen LogP contribution in [-0.2, 0) is 0 Å². The van der Waals surface area contributed by atoms with Crippen LogP contribution < -0.4 is 10.2 Å². The van der Waals surface area contributed by atoms with E-state index in [1.807, 2.05) is 7.05 Å². The topological polar surface area (TPSA) is 18.5 Å². The minimum absolute atomic E-state index is 0.313. The molecule has 1 aromatic rings. The van der Waals surface area contributed by atoms with Crippen LogP contribution in [0.25, 0.3) is 0 Å². The number of hydrogen-bond acceptors (Lipinski definition) is 3. The smallest absolute Gasteiger partial charge is 0.0393 e. The normalized spacial score (nSPS) is 24.2. The van der Waals surface area contributed by atoms with Gasteiger partial charge < -0.3 is 10.2 Å². The Morgan fingerprint density at radius 2 is 1.89 bits per heavy atom. The second kappa shape index (κ2) is 5.93. The van der Waals surface area contributed by atoms with Gasteiger partial charge in [-0.1, -0.05) is 32.0 Å². The van der Waals surface area contributed by atoms with Crippen molar-refractivity contribution < 1.29 is 0 Å². The van der Waals surface area contributed by atoms with E-state index in [2.05, 4.69) is 66.3 Å². The van der Waals surface area contributed by atoms with E-state index in [4.69, 9.17) is 0 Å². The quantitative estimate of drug-likeness (QED) is 0.898. The summed E-state index contributed by atoms with van der Waals surface area (Å²) < 4.78 is 0. The first-order valence-electron chi connectivity index (χ1n) is 7.17. The number of nitrogens with one attached hydrogen (secondary N) is 1. The average molecular weight is 261 g/mol. The molecule has 0 amide bonds. The zero-order chi connectivity index (χ0) is 13.9. The second-order valence-corrected chi connectivity index (χ2v) is 6.51. The van der Waals surface area contributed by atoms with Crippen LogP contribution in [0.1, 0.15) is 13.8 Å². The van der Waals surface area contributed by atoms with Gasteiger partial charge in [0.25, 0.3) is 0 Å². The van der Waals surface area contributed by atoms with Gasteiger partial charge in [-0.25, -0.2) is 0 Å². The monoisotopic (exact) mass is 261 g/mol. The molecule has 3 nitrogen and oxygen atoms in total. The Morgan fingerprint density at radius 3 is 2.53 bits per heavy atom. The van der Waals surface area contributed by atoms with Crippen LogP contribution >= 0.6 is 0 Å². The van der Waals surface area contributed by atoms with Crippen molar-refractivity contribution in [1.82, 2.24) is 10.2 Å². The molecule has 0 spiro atoms. The molecule has 0 aliphatic carbocycles. The molecule has 19 heavy (non-hydrogen) atoms. The lowest BCUT2D eigenvalue weighted by Gasteiger charge is -2.31. The van der Waals surface area contributed by atoms with Crippen molar-refractivity contribution >= 4 is 5.69 Å². The maximum Gasteiger partial charge on any atom is 0.0393 e. The molecule has 0 bridgehead atoms. The Balaban J connectivity index is 2.22. The predicted molar refractivity (Wildman–Crippen MR) is 82.8 cm³/mol. The molecule has 1 unspecified atom stereocenters. The van der Waals surface area contributed by atoms with E-state index in [9.17, 15) is 0 Å². The summed E-state index contributed by atoms with van der Waals surface area (Å²) in [6.45, 7) is 9.10. The number of hydrogen-bond donors (Lipinski definition) is 1. The van der Waals surface area contributed by atoms with Gasteiger partial charge in [-0.2, -0.15) is 0 Å². The largest absolute Gasteiger partial charge is 0.369 e. The van der Waals surface area contributed by atoms with E-state index in [0.29, 0.717) is 11.5 Å². The zero-order valence-corrected chi connectivity index (χ0v) is 12.7. The summed E-state index contributed by atoms with van der Waals surface area (Å²) in [6, 6.07) is 11.3. The van der Waals surface area contributed by atoms with Crippen LogP contribution in [0.15, 0.2) is 30.3 Å². The highest BCUT2D eigenvalue weighted by Gasteiger charge is 2.32. The molecule has 0 saturated carbocycles.